The number of hydrogen-bond donors (Lipinski definition) is 2. The monoisotopic (exact) mass is 411 g/mol. The summed E-state index contributed by atoms with van der Waals surface area (Å²) in [6.07, 6.45) is 5.82. The maximum absolute atomic E-state index is 12.2. The molecule has 0 aliphatic heterocycles. The van der Waals surface area contributed by atoms with Gasteiger partial charge in [-0.3, -0.25) is 9.52 Å². The van der Waals surface area contributed by atoms with E-state index in [0.29, 0.717) is 11.4 Å². The van der Waals surface area contributed by atoms with Crippen molar-refractivity contribution in [2.75, 3.05) is 16.3 Å². The number of hydrogen-bond acceptors (Lipinski definition) is 5. The van der Waals surface area contributed by atoms with Crippen molar-refractivity contribution >= 4 is 33.4 Å². The molecule has 2 aromatic carbocycles. The summed E-state index contributed by atoms with van der Waals surface area (Å²) in [7, 11) is -3.32. The highest BCUT2D eigenvalue weighted by molar-refractivity contribution is 7.92. The van der Waals surface area contributed by atoms with Gasteiger partial charge in [-0.15, -0.1) is 10.2 Å². The van der Waals surface area contributed by atoms with Gasteiger partial charge in [0.05, 0.1) is 6.26 Å². The molecule has 29 heavy (non-hydrogen) atoms. The molecule has 1 aromatic heterocycles. The first-order valence-electron chi connectivity index (χ1n) is 8.89. The highest BCUT2D eigenvalue weighted by Gasteiger charge is 2.07. The van der Waals surface area contributed by atoms with Gasteiger partial charge in [-0.1, -0.05) is 24.3 Å². The molecule has 0 spiro atoms. The van der Waals surface area contributed by atoms with Gasteiger partial charge in [0, 0.05) is 29.6 Å². The average Bonchev–Trinajstić information content (AvgIpc) is 3.15. The van der Waals surface area contributed by atoms with Gasteiger partial charge in [0.2, 0.25) is 15.9 Å². The molecule has 0 fully saturated rings. The van der Waals surface area contributed by atoms with Crippen molar-refractivity contribution in [3.05, 3.63) is 66.5 Å². The summed E-state index contributed by atoms with van der Waals surface area (Å²) in [5.74, 6) is 0.458. The fourth-order valence-corrected chi connectivity index (χ4v) is 3.24. The molecule has 8 nitrogen and oxygen atoms in total. The lowest BCUT2D eigenvalue weighted by Crippen LogP contribution is -2.09. The van der Waals surface area contributed by atoms with Crippen molar-refractivity contribution in [1.82, 2.24) is 14.8 Å². The molecule has 0 saturated carbocycles. The predicted molar refractivity (Wildman–Crippen MR) is 114 cm³/mol. The summed E-state index contributed by atoms with van der Waals surface area (Å²) < 4.78 is 26.8. The molecule has 0 unspecified atom stereocenters. The zero-order chi connectivity index (χ0) is 20.9. The second kappa shape index (κ2) is 8.70. The number of aryl methyl sites for hydroxylation is 1. The van der Waals surface area contributed by atoms with E-state index in [1.54, 1.807) is 42.7 Å². The second-order valence-corrected chi connectivity index (χ2v) is 8.09. The van der Waals surface area contributed by atoms with Gasteiger partial charge in [-0.2, -0.15) is 0 Å². The predicted octanol–water partition coefficient (Wildman–Crippen LogP) is 2.99. The molecule has 0 atom stereocenters. The zero-order valence-corrected chi connectivity index (χ0v) is 16.8. The minimum Gasteiger partial charge on any atom is -0.322 e. The lowest BCUT2D eigenvalue weighted by molar-refractivity contribution is -0.111. The van der Waals surface area contributed by atoms with Crippen LogP contribution in [0.25, 0.3) is 17.5 Å². The van der Waals surface area contributed by atoms with Crippen LogP contribution in [-0.2, 0) is 21.4 Å². The van der Waals surface area contributed by atoms with Gasteiger partial charge in [0.1, 0.15) is 6.33 Å². The molecule has 3 rings (SSSR count). The van der Waals surface area contributed by atoms with Crippen molar-refractivity contribution in [2.45, 2.75) is 13.5 Å². The number of rotatable bonds is 7. The van der Waals surface area contributed by atoms with Crippen molar-refractivity contribution in [3.63, 3.8) is 0 Å². The molecule has 9 heteroatoms. The van der Waals surface area contributed by atoms with Crippen molar-refractivity contribution < 1.29 is 13.2 Å². The lowest BCUT2D eigenvalue weighted by atomic mass is 10.1. The Kier molecular flexibility index (Phi) is 6.08. The van der Waals surface area contributed by atoms with E-state index in [1.165, 1.54) is 6.08 Å². The van der Waals surface area contributed by atoms with E-state index < -0.39 is 10.0 Å². The van der Waals surface area contributed by atoms with E-state index in [9.17, 15) is 13.2 Å². The minimum atomic E-state index is -3.32. The van der Waals surface area contributed by atoms with Crippen LogP contribution < -0.4 is 10.0 Å². The number of carbonyl (C=O) groups excluding carboxylic acids is 1. The van der Waals surface area contributed by atoms with Gasteiger partial charge in [-0.05, 0) is 42.8 Å². The second-order valence-electron chi connectivity index (χ2n) is 6.34. The fraction of sp³-hybridized carbons (Fsp3) is 0.150. The molecule has 0 aliphatic rings. The van der Waals surface area contributed by atoms with Crippen LogP contribution >= 0.6 is 0 Å². The SMILES string of the molecule is CCn1cnnc1-c1cccc(NC(=O)/C=C/c2ccc(NS(C)(=O)=O)cc2)c1. The Morgan fingerprint density at radius 1 is 1.14 bits per heavy atom. The van der Waals surface area contributed by atoms with E-state index in [-0.39, 0.29) is 5.91 Å². The number of nitrogens with zero attached hydrogens (tertiary/aromatic N) is 3. The third kappa shape index (κ3) is 5.76. The van der Waals surface area contributed by atoms with E-state index in [2.05, 4.69) is 20.2 Å². The maximum atomic E-state index is 12.2. The first-order valence-corrected chi connectivity index (χ1v) is 10.8. The van der Waals surface area contributed by atoms with E-state index in [1.807, 2.05) is 29.7 Å². The summed E-state index contributed by atoms with van der Waals surface area (Å²) in [5, 5.41) is 10.9. The zero-order valence-electron chi connectivity index (χ0n) is 16.0. The first kappa shape index (κ1) is 20.3. The molecule has 2 N–H and O–H groups in total. The van der Waals surface area contributed by atoms with Crippen molar-refractivity contribution in [2.24, 2.45) is 0 Å². The normalized spacial score (nSPS) is 11.5. The number of sulfonamides is 1. The molecule has 1 amide bonds. The molecule has 0 bridgehead atoms. The van der Waals surface area contributed by atoms with E-state index >= 15 is 0 Å². The summed E-state index contributed by atoms with van der Waals surface area (Å²) in [5.41, 5.74) is 2.74. The van der Waals surface area contributed by atoms with Crippen molar-refractivity contribution in [3.8, 4) is 11.4 Å². The van der Waals surface area contributed by atoms with Crippen molar-refractivity contribution in [1.29, 1.82) is 0 Å². The first-order chi connectivity index (χ1) is 13.8. The topological polar surface area (TPSA) is 106 Å². The summed E-state index contributed by atoms with van der Waals surface area (Å²) >= 11 is 0. The molecule has 3 aromatic rings. The number of benzene rings is 2. The van der Waals surface area contributed by atoms with Gasteiger partial charge in [0.15, 0.2) is 5.82 Å². The molecular weight excluding hydrogens is 390 g/mol. The van der Waals surface area contributed by atoms with E-state index in [4.69, 9.17) is 0 Å². The quantitative estimate of drug-likeness (QED) is 0.582. The molecule has 0 aliphatic carbocycles. The summed E-state index contributed by atoms with van der Waals surface area (Å²) in [6.45, 7) is 2.76. The van der Waals surface area contributed by atoms with Gasteiger partial charge < -0.3 is 9.88 Å². The fourth-order valence-electron chi connectivity index (χ4n) is 2.68. The van der Waals surface area contributed by atoms with Crippen LogP contribution in [0.3, 0.4) is 0 Å². The largest absolute Gasteiger partial charge is 0.322 e. The Labute approximate surface area is 169 Å². The average molecular weight is 411 g/mol. The van der Waals surface area contributed by atoms with Gasteiger partial charge >= 0.3 is 0 Å². The van der Waals surface area contributed by atoms with Crippen LogP contribution in [0.15, 0.2) is 60.9 Å². The molecule has 0 saturated heterocycles. The summed E-state index contributed by atoms with van der Waals surface area (Å²) in [4.78, 5) is 12.2. The maximum Gasteiger partial charge on any atom is 0.248 e. The third-order valence-corrected chi connectivity index (χ3v) is 4.59. The Hall–Kier alpha value is -3.46. The van der Waals surface area contributed by atoms with Crippen LogP contribution in [0.2, 0.25) is 0 Å². The Bertz CT molecular complexity index is 1130. The Balaban J connectivity index is 1.66. The number of aromatic nitrogens is 3. The highest BCUT2D eigenvalue weighted by Crippen LogP contribution is 2.21. The van der Waals surface area contributed by atoms with Crippen LogP contribution in [0.4, 0.5) is 11.4 Å². The smallest absolute Gasteiger partial charge is 0.248 e. The number of anilines is 2. The summed E-state index contributed by atoms with van der Waals surface area (Å²) in [6, 6.07) is 14.1. The molecule has 150 valence electrons. The molecule has 0 radical (unpaired) electrons. The van der Waals surface area contributed by atoms with E-state index in [0.717, 1.165) is 29.8 Å². The van der Waals surface area contributed by atoms with Gasteiger partial charge in [0.25, 0.3) is 0 Å². The van der Waals surface area contributed by atoms with Gasteiger partial charge in [-0.25, -0.2) is 8.42 Å². The molecular formula is C20H21N5O3S. The number of amides is 1. The lowest BCUT2D eigenvalue weighted by Gasteiger charge is -2.07. The highest BCUT2D eigenvalue weighted by atomic mass is 32.2. The van der Waals surface area contributed by atoms with Crippen LogP contribution in [-0.4, -0.2) is 35.3 Å². The van der Waals surface area contributed by atoms with Crippen LogP contribution in [0.5, 0.6) is 0 Å². The standard InChI is InChI=1S/C20H21N5O3S/c1-3-25-14-21-23-20(25)16-5-4-6-18(13-16)22-19(26)12-9-15-7-10-17(11-8-15)24-29(2,27)28/h4-14,24H,3H2,1-2H3,(H,22,26)/b12-9+. The Morgan fingerprint density at radius 3 is 2.59 bits per heavy atom. The van der Waals surface area contributed by atoms with Crippen LogP contribution in [0.1, 0.15) is 12.5 Å². The number of nitrogens with one attached hydrogen (secondary N) is 2. The third-order valence-electron chi connectivity index (χ3n) is 3.99. The molecule has 1 heterocycles. The number of carbonyl (C=O) groups is 1. The van der Waals surface area contributed by atoms with Crippen LogP contribution in [0, 0.1) is 0 Å². The minimum absolute atomic E-state index is 0.280. The Morgan fingerprint density at radius 2 is 1.90 bits per heavy atom.